The molecule has 16 heteroatoms. The summed E-state index contributed by atoms with van der Waals surface area (Å²) >= 11 is 0. The van der Waals surface area contributed by atoms with Crippen molar-refractivity contribution >= 4 is 71.0 Å². The van der Waals surface area contributed by atoms with E-state index in [0.717, 1.165) is 152 Å². The van der Waals surface area contributed by atoms with Crippen LogP contribution in [0.1, 0.15) is 290 Å². The molecule has 0 spiro atoms. The molecule has 0 aromatic heterocycles. The van der Waals surface area contributed by atoms with Gasteiger partial charge in [0.25, 0.3) is 0 Å². The number of rotatable bonds is 30. The van der Waals surface area contributed by atoms with E-state index in [-0.39, 0.29) is 103 Å². The quantitative estimate of drug-likeness (QED) is 0.0244. The minimum absolute atomic E-state index is 0. The SMILES string of the molecule is C.C.CC(C)CCC[C@@H](C)[C@H]1CC[C@H]2[C@@H]3CC=C4C[C@@H](OCCC(P(=O)(c5ccccc5)c5ccccc5)P(=O)(c5ccccc5)c5ccccc5)CC[C@]4(C)[C@H]3CC[C@]12C.CC(C)CCC[C@@H](C)[C@H]1CC[C@H]2[C@@H]3CC=C4C[C@@H](OCCC(P(=O)(c5ccccc5)c5ccccc5)P(=O)(c5ccccc5)c5ccccc5)CC[C@]4(C)[C@H]3CC[C@]12C.O.O.[CH2-]C1CCCCC1[NH-].[CH2-]C1CCCCC1[NH-].[Pt+2].[Pt+2]. The van der Waals surface area contributed by atoms with E-state index in [1.54, 1.807) is 11.1 Å². The number of hydrogen-bond donors (Lipinski definition) is 0. The Balaban J connectivity index is 0.000000259. The van der Waals surface area contributed by atoms with Gasteiger partial charge in [-0.15, -0.1) is 0 Å². The summed E-state index contributed by atoms with van der Waals surface area (Å²) in [6, 6.07) is 79.0. The molecular formula is C124H178N2O8P4Pt2. The Bertz CT molecular complexity index is 4560. The van der Waals surface area contributed by atoms with Crippen LogP contribution in [0, 0.1) is 118 Å². The Morgan fingerprint density at radius 2 is 0.593 bits per heavy atom. The number of fused-ring (bicyclic) bond motifs is 10. The number of allylic oxidation sites excluding steroid dienone is 2. The molecule has 6 N–H and O–H groups in total. The molecule has 4 unspecified atom stereocenters. The number of nitrogens with one attached hydrogen (secondary N) is 2. The fourth-order valence-corrected chi connectivity index (χ4v) is 46.6. The van der Waals surface area contributed by atoms with Gasteiger partial charge in [0.1, 0.15) is 0 Å². The summed E-state index contributed by atoms with van der Waals surface area (Å²) in [5, 5.41) is 4.61. The van der Waals surface area contributed by atoms with Crippen LogP contribution >= 0.6 is 28.6 Å². The maximum Gasteiger partial charge on any atom is 2.00 e. The van der Waals surface area contributed by atoms with Crippen LogP contribution in [0.2, 0.25) is 0 Å². The van der Waals surface area contributed by atoms with Gasteiger partial charge in [0.2, 0.25) is 0 Å². The van der Waals surface area contributed by atoms with E-state index < -0.39 is 39.4 Å². The Hall–Kier alpha value is -4.70. The molecule has 10 aliphatic rings. The van der Waals surface area contributed by atoms with Crippen molar-refractivity contribution in [2.24, 2.45) is 105 Å². The van der Waals surface area contributed by atoms with Crippen LogP contribution in [0.15, 0.2) is 266 Å². The summed E-state index contributed by atoms with van der Waals surface area (Å²) in [7, 11) is -14.0. The number of hydrogen-bond acceptors (Lipinski definition) is 6. The van der Waals surface area contributed by atoms with Crippen LogP contribution in [-0.4, -0.2) is 59.3 Å². The molecule has 772 valence electrons. The first-order valence-electron chi connectivity index (χ1n) is 53.1. The molecule has 0 heterocycles. The van der Waals surface area contributed by atoms with Gasteiger partial charge in [-0.1, -0.05) is 440 Å². The molecule has 8 saturated carbocycles. The Kier molecular flexibility index (Phi) is 45.4. The Morgan fingerprint density at radius 3 is 0.829 bits per heavy atom. The molecule has 8 fully saturated rings. The Labute approximate surface area is 878 Å². The van der Waals surface area contributed by atoms with E-state index in [1.807, 2.05) is 243 Å². The van der Waals surface area contributed by atoms with Crippen LogP contribution in [0.3, 0.4) is 0 Å². The number of ether oxygens (including phenoxy) is 2. The van der Waals surface area contributed by atoms with Crippen LogP contribution < -0.4 is 42.4 Å². The van der Waals surface area contributed by atoms with Gasteiger partial charge in [0, 0.05) is 55.7 Å². The number of benzene rings is 8. The average molecular weight is 2340 g/mol. The van der Waals surface area contributed by atoms with E-state index >= 15 is 18.3 Å². The zero-order valence-corrected chi connectivity index (χ0v) is 93.2. The van der Waals surface area contributed by atoms with Crippen molar-refractivity contribution in [3.8, 4) is 0 Å². The third-order valence-corrected chi connectivity index (χ3v) is 53.4. The van der Waals surface area contributed by atoms with Crippen molar-refractivity contribution in [2.45, 2.75) is 325 Å². The van der Waals surface area contributed by atoms with Crippen molar-refractivity contribution in [3.63, 3.8) is 0 Å². The van der Waals surface area contributed by atoms with Crippen molar-refractivity contribution in [1.29, 1.82) is 0 Å². The summed E-state index contributed by atoms with van der Waals surface area (Å²) in [6.07, 6.45) is 44.4. The predicted molar refractivity (Wildman–Crippen MR) is 593 cm³/mol. The fraction of sp³-hybridized carbons (Fsp3) is 0.565. The standard InChI is InChI=1S/2C54H70O3P2.2C7H13N.2CH4.2H2O.2Pt/c2*1-40(2)19-18-20-41(3)49-31-32-50-48-30-29-42-39-43(33-36-53(42,4)51(48)34-37-54(49,50)5)57-38-35-52(58(55,44-21-10-6-11-22-44)45-23-12-7-13-24-45)59(56,46-25-14-8-15-26-46)47-27-16-9-17-28-47;2*1-6-4-2-3-5-7(6)8;;;;;;/h2*6-17,21-29,40-41,43,48-52H,18-20,30-39H2,1-5H3;2*6-8H,1-5H2;2*1H4;2*1H2;;/q;;2*-2;;;;;2*+2/t2*41-,43+,48+,49-,50+,51+,53+,54-;;;;;;;;/m11......../s1. The molecule has 10 aliphatic carbocycles. The van der Waals surface area contributed by atoms with Crippen LogP contribution in [0.25, 0.3) is 11.5 Å². The predicted octanol–water partition coefficient (Wildman–Crippen LogP) is 30.8. The monoisotopic (exact) mass is 2340 g/mol. The third-order valence-electron chi connectivity index (χ3n) is 36.6. The second-order valence-electron chi connectivity index (χ2n) is 45.2. The molecule has 140 heavy (non-hydrogen) atoms. The minimum atomic E-state index is -3.50. The van der Waals surface area contributed by atoms with Crippen LogP contribution in [0.4, 0.5) is 0 Å². The minimum Gasteiger partial charge on any atom is -0.677 e. The molecule has 8 aromatic carbocycles. The van der Waals surface area contributed by atoms with Gasteiger partial charge in [-0.05, 0) is 208 Å². The molecular weight excluding hydrogens is 2160 g/mol. The molecule has 20 atom stereocenters. The summed E-state index contributed by atoms with van der Waals surface area (Å²) in [5.41, 5.74) is 19.6. The van der Waals surface area contributed by atoms with Crippen molar-refractivity contribution in [1.82, 2.24) is 0 Å². The van der Waals surface area contributed by atoms with Gasteiger partial charge >= 0.3 is 42.1 Å². The van der Waals surface area contributed by atoms with Crippen LogP contribution in [-0.2, 0) is 69.9 Å². The molecule has 18 rings (SSSR count). The summed E-state index contributed by atoms with van der Waals surface area (Å²) in [4.78, 5) is 0. The van der Waals surface area contributed by atoms with E-state index in [0.29, 0.717) is 48.7 Å². The molecule has 0 radical (unpaired) electrons. The van der Waals surface area contributed by atoms with Gasteiger partial charge in [0.15, 0.2) is 28.6 Å². The molecule has 0 amide bonds. The maximum atomic E-state index is 16.3. The van der Waals surface area contributed by atoms with Gasteiger partial charge in [-0.3, -0.25) is 0 Å². The summed E-state index contributed by atoms with van der Waals surface area (Å²) < 4.78 is 79.3. The van der Waals surface area contributed by atoms with E-state index in [9.17, 15) is 0 Å². The molecule has 8 aromatic rings. The first-order valence-corrected chi connectivity index (χ1v) is 60.2. The normalized spacial score (nSPS) is 28.8. The second-order valence-corrected chi connectivity index (χ2v) is 57.9. The largest absolute Gasteiger partial charge is 2.00 e. The second kappa shape index (κ2) is 53.4. The van der Waals surface area contributed by atoms with Crippen molar-refractivity contribution < 1.29 is 80.8 Å². The van der Waals surface area contributed by atoms with Gasteiger partial charge in [-0.25, -0.2) is 0 Å². The van der Waals surface area contributed by atoms with E-state index in [4.69, 9.17) is 20.9 Å². The topological polar surface area (TPSA) is 197 Å². The third kappa shape index (κ3) is 25.7. The molecule has 0 aliphatic heterocycles. The average Bonchev–Trinajstić information content (AvgIpc) is 1.53. The molecule has 0 saturated heterocycles. The van der Waals surface area contributed by atoms with Crippen molar-refractivity contribution in [3.05, 3.63) is 291 Å². The van der Waals surface area contributed by atoms with Gasteiger partial charge < -0.3 is 64.0 Å². The van der Waals surface area contributed by atoms with Crippen molar-refractivity contribution in [2.75, 3.05) is 13.2 Å². The van der Waals surface area contributed by atoms with Crippen LogP contribution in [0.5, 0.6) is 0 Å². The zero-order valence-electron chi connectivity index (χ0n) is 85.1. The van der Waals surface area contributed by atoms with E-state index in [2.05, 4.69) is 95.2 Å². The van der Waals surface area contributed by atoms with Gasteiger partial charge in [0.05, 0.1) is 23.0 Å². The molecule has 10 nitrogen and oxygen atoms in total. The maximum absolute atomic E-state index is 16.3. The smallest absolute Gasteiger partial charge is 0.677 e. The molecule has 0 bridgehead atoms. The zero-order chi connectivity index (χ0) is 94.5. The first-order chi connectivity index (χ1) is 64.6. The summed E-state index contributed by atoms with van der Waals surface area (Å²) in [5.74, 6) is 10.8. The summed E-state index contributed by atoms with van der Waals surface area (Å²) in [6.45, 7) is 33.9. The Morgan fingerprint density at radius 1 is 0.336 bits per heavy atom. The van der Waals surface area contributed by atoms with E-state index in [1.165, 1.54) is 154 Å². The first kappa shape index (κ1) is 119. The fourth-order valence-electron chi connectivity index (χ4n) is 29.0. The van der Waals surface area contributed by atoms with Gasteiger partial charge in [-0.2, -0.15) is 23.9 Å².